The van der Waals surface area contributed by atoms with E-state index in [9.17, 15) is 9.59 Å². The third-order valence-corrected chi connectivity index (χ3v) is 8.54. The minimum atomic E-state index is -1.80. The summed E-state index contributed by atoms with van der Waals surface area (Å²) in [6.07, 6.45) is 0. The van der Waals surface area contributed by atoms with Crippen LogP contribution in [0.25, 0.3) is 0 Å². The fourth-order valence-electron chi connectivity index (χ4n) is 4.86. The zero-order chi connectivity index (χ0) is 21.4. The molecule has 2 amide bonds. The van der Waals surface area contributed by atoms with E-state index in [1.54, 1.807) is 31.2 Å². The lowest BCUT2D eigenvalue weighted by atomic mass is 9.84. The fraction of sp³-hybridized carbons (Fsp3) is 0.474. The summed E-state index contributed by atoms with van der Waals surface area (Å²) in [5.41, 5.74) is 0.298. The van der Waals surface area contributed by atoms with E-state index >= 15 is 0 Å². The minimum absolute atomic E-state index is 0.0677. The number of nitrogens with zero attached hydrogens (tertiary/aromatic N) is 1. The largest absolute Gasteiger partial charge is 0.492 e. The van der Waals surface area contributed by atoms with E-state index in [2.05, 4.69) is 0 Å². The highest BCUT2D eigenvalue weighted by Gasteiger charge is 2.89. The third kappa shape index (κ3) is 2.13. The lowest BCUT2D eigenvalue weighted by Gasteiger charge is -2.42. The van der Waals surface area contributed by atoms with Gasteiger partial charge in [-0.25, -0.2) is 4.90 Å². The van der Waals surface area contributed by atoms with Crippen LogP contribution >= 0.6 is 46.4 Å². The Labute approximate surface area is 187 Å². The van der Waals surface area contributed by atoms with Gasteiger partial charge in [-0.05, 0) is 19.1 Å². The number of carbonyl (C=O) groups excluding carboxylic acids is 2. The van der Waals surface area contributed by atoms with Crippen LogP contribution in [0.2, 0.25) is 0 Å². The Bertz CT molecular complexity index is 902. The van der Waals surface area contributed by atoms with Gasteiger partial charge in [-0.1, -0.05) is 35.3 Å². The highest BCUT2D eigenvalue weighted by molar-refractivity contribution is 6.54. The van der Waals surface area contributed by atoms with Crippen molar-refractivity contribution in [2.24, 2.45) is 11.8 Å². The molecule has 2 fully saturated rings. The van der Waals surface area contributed by atoms with E-state index in [1.807, 2.05) is 0 Å². The smallest absolute Gasteiger partial charge is 0.240 e. The first-order chi connectivity index (χ1) is 13.7. The highest BCUT2D eigenvalue weighted by atomic mass is 35.5. The van der Waals surface area contributed by atoms with Crippen LogP contribution in [0.3, 0.4) is 0 Å². The molecule has 1 aromatic rings. The zero-order valence-electron chi connectivity index (χ0n) is 15.7. The first-order valence-corrected chi connectivity index (χ1v) is 10.3. The number of anilines is 1. The minimum Gasteiger partial charge on any atom is -0.492 e. The van der Waals surface area contributed by atoms with Gasteiger partial charge in [0.2, 0.25) is 17.6 Å². The van der Waals surface area contributed by atoms with E-state index in [0.717, 1.165) is 4.90 Å². The van der Waals surface area contributed by atoms with Crippen molar-refractivity contribution >= 4 is 63.9 Å². The number of carbonyl (C=O) groups is 2. The number of hydrogen-bond acceptors (Lipinski definition) is 5. The van der Waals surface area contributed by atoms with Crippen molar-refractivity contribution in [3.05, 3.63) is 34.3 Å². The van der Waals surface area contributed by atoms with Gasteiger partial charge in [0.05, 0.1) is 34.2 Å². The number of imide groups is 1. The molecule has 0 spiro atoms. The molecule has 10 heteroatoms. The molecule has 3 aliphatic rings. The van der Waals surface area contributed by atoms with Crippen LogP contribution in [0.5, 0.6) is 5.75 Å². The summed E-state index contributed by atoms with van der Waals surface area (Å²) in [4.78, 5) is 24.6. The molecule has 0 aromatic heterocycles. The molecule has 0 N–H and O–H groups in total. The second-order valence-electron chi connectivity index (χ2n) is 6.94. The molecular weight excluding hydrogens is 464 g/mol. The normalized spacial score (nSPS) is 34.9. The Morgan fingerprint density at radius 2 is 1.45 bits per heavy atom. The van der Waals surface area contributed by atoms with Crippen molar-refractivity contribution in [1.82, 2.24) is 0 Å². The monoisotopic (exact) mass is 479 g/mol. The Kier molecular flexibility index (Phi) is 4.93. The van der Waals surface area contributed by atoms with Gasteiger partial charge in [-0.3, -0.25) is 9.59 Å². The highest BCUT2D eigenvalue weighted by Crippen LogP contribution is 2.75. The van der Waals surface area contributed by atoms with E-state index < -0.39 is 39.2 Å². The number of fused-ring (bicyclic) bond motifs is 5. The van der Waals surface area contributed by atoms with E-state index in [4.69, 9.17) is 60.6 Å². The Morgan fingerprint density at radius 1 is 0.966 bits per heavy atom. The van der Waals surface area contributed by atoms with Gasteiger partial charge in [0.1, 0.15) is 15.5 Å². The number of hydrogen-bond donors (Lipinski definition) is 0. The van der Waals surface area contributed by atoms with Gasteiger partial charge >= 0.3 is 0 Å². The molecule has 4 atom stereocenters. The van der Waals surface area contributed by atoms with Crippen LogP contribution in [0.1, 0.15) is 6.92 Å². The second-order valence-corrected chi connectivity index (χ2v) is 8.89. The van der Waals surface area contributed by atoms with Crippen molar-refractivity contribution in [3.8, 4) is 5.75 Å². The summed E-state index contributed by atoms with van der Waals surface area (Å²) < 4.78 is 16.7. The van der Waals surface area contributed by atoms with Crippen molar-refractivity contribution in [2.75, 3.05) is 25.7 Å². The molecule has 1 heterocycles. The molecular formula is C19H17Cl4NO5. The Balaban J connectivity index is 1.92. The summed E-state index contributed by atoms with van der Waals surface area (Å²) in [6.45, 7) is 2.16. The fourth-order valence-corrected chi connectivity index (χ4v) is 7.02. The van der Waals surface area contributed by atoms with Crippen LogP contribution in [0.15, 0.2) is 34.3 Å². The molecule has 156 valence electrons. The molecule has 0 radical (unpaired) electrons. The molecule has 29 heavy (non-hydrogen) atoms. The number of amides is 2. The second kappa shape index (κ2) is 6.74. The maximum Gasteiger partial charge on any atom is 0.240 e. The average molecular weight is 481 g/mol. The zero-order valence-corrected chi connectivity index (χ0v) is 18.7. The summed E-state index contributed by atoms with van der Waals surface area (Å²) >= 11 is 26.8. The van der Waals surface area contributed by atoms with Crippen LogP contribution in [-0.2, 0) is 19.1 Å². The van der Waals surface area contributed by atoms with E-state index in [-0.39, 0.29) is 10.1 Å². The van der Waals surface area contributed by atoms with E-state index in [0.29, 0.717) is 18.0 Å². The maximum absolute atomic E-state index is 13.5. The van der Waals surface area contributed by atoms with Gasteiger partial charge in [0, 0.05) is 14.2 Å². The maximum atomic E-state index is 13.5. The SMILES string of the molecule is CCOc1ccccc1N1C(=O)[C@H]2[C@H](C1=O)[C@]1(Cl)C(Cl)=C(Cl)[C@]2(Cl)C1(OC)OC. The third-order valence-electron chi connectivity index (χ3n) is 5.93. The molecule has 4 rings (SSSR count). The van der Waals surface area contributed by atoms with Gasteiger partial charge in [0.15, 0.2) is 0 Å². The Hall–Kier alpha value is -1.02. The number of benzene rings is 1. The van der Waals surface area contributed by atoms with Crippen molar-refractivity contribution < 1.29 is 23.8 Å². The molecule has 1 aromatic carbocycles. The van der Waals surface area contributed by atoms with Gasteiger partial charge in [-0.2, -0.15) is 0 Å². The average Bonchev–Trinajstić information content (AvgIpc) is 3.13. The summed E-state index contributed by atoms with van der Waals surface area (Å²) in [5.74, 6) is -4.86. The first kappa shape index (κ1) is 21.2. The number of alkyl halides is 2. The molecule has 1 saturated heterocycles. The molecule has 1 aliphatic heterocycles. The summed E-state index contributed by atoms with van der Waals surface area (Å²) in [7, 11) is 2.63. The van der Waals surface area contributed by atoms with Crippen molar-refractivity contribution in [1.29, 1.82) is 0 Å². The Morgan fingerprint density at radius 3 is 1.90 bits per heavy atom. The number of para-hydroxylation sites is 2. The van der Waals surface area contributed by atoms with Crippen molar-refractivity contribution in [2.45, 2.75) is 22.5 Å². The van der Waals surface area contributed by atoms with Gasteiger partial charge in [0.25, 0.3) is 0 Å². The van der Waals surface area contributed by atoms with Crippen LogP contribution in [-0.4, -0.2) is 48.2 Å². The number of methoxy groups -OCH3 is 2. The van der Waals surface area contributed by atoms with Crippen molar-refractivity contribution in [3.63, 3.8) is 0 Å². The standard InChI is InChI=1S/C19H17Cl4NO5/c1-4-29-10-8-6-5-7-9(10)24-15(25)11-12(16(24)26)18(23)14(21)13(20)17(11,22)19(18,27-2)28-3/h5-8,11-12H,4H2,1-3H3/t11-,12-,17+,18+/m1/s1. The molecule has 0 unspecified atom stereocenters. The first-order valence-electron chi connectivity index (χ1n) is 8.83. The lowest BCUT2D eigenvalue weighted by molar-refractivity contribution is -0.221. The van der Waals surface area contributed by atoms with Gasteiger partial charge in [-0.15, -0.1) is 23.2 Å². The molecule has 2 aliphatic carbocycles. The number of ether oxygens (including phenoxy) is 3. The van der Waals surface area contributed by atoms with E-state index in [1.165, 1.54) is 14.2 Å². The van der Waals surface area contributed by atoms with Crippen LogP contribution < -0.4 is 9.64 Å². The number of halogens is 4. The molecule has 1 saturated carbocycles. The molecule has 6 nitrogen and oxygen atoms in total. The molecule has 2 bridgehead atoms. The van der Waals surface area contributed by atoms with Crippen LogP contribution in [0, 0.1) is 11.8 Å². The lowest BCUT2D eigenvalue weighted by Crippen LogP contribution is -2.60. The summed E-state index contributed by atoms with van der Waals surface area (Å²) in [5, 5.41) is -0.135. The predicted octanol–water partition coefficient (Wildman–Crippen LogP) is 3.85. The van der Waals surface area contributed by atoms with Crippen LogP contribution in [0.4, 0.5) is 5.69 Å². The topological polar surface area (TPSA) is 65.1 Å². The van der Waals surface area contributed by atoms with Gasteiger partial charge < -0.3 is 14.2 Å². The predicted molar refractivity (Wildman–Crippen MR) is 110 cm³/mol. The quantitative estimate of drug-likeness (QED) is 0.364. The number of rotatable bonds is 5. The summed E-state index contributed by atoms with van der Waals surface area (Å²) in [6, 6.07) is 6.72.